The molecule has 0 N–H and O–H groups in total. The van der Waals surface area contributed by atoms with Gasteiger partial charge in [-0.05, 0) is 12.1 Å². The molecule has 10 heteroatoms. The highest BCUT2D eigenvalue weighted by atomic mass is 32.1. The normalized spacial score (nSPS) is 11.3. The highest BCUT2D eigenvalue weighted by Crippen LogP contribution is 2.34. The first-order valence-electron chi connectivity index (χ1n) is 8.12. The number of halogens is 1. The summed E-state index contributed by atoms with van der Waals surface area (Å²) in [7, 11) is 2.66. The summed E-state index contributed by atoms with van der Waals surface area (Å²) in [5.41, 5.74) is -0.575. The van der Waals surface area contributed by atoms with Gasteiger partial charge in [0.1, 0.15) is 11.4 Å². The number of nitro benzene ring substituents is 1. The van der Waals surface area contributed by atoms with E-state index in [0.29, 0.717) is 4.70 Å². The number of nitro groups is 1. The molecule has 0 unspecified atom stereocenters. The summed E-state index contributed by atoms with van der Waals surface area (Å²) in [5.74, 6) is 1.22. The van der Waals surface area contributed by atoms with Gasteiger partial charge in [0.05, 0.1) is 42.0 Å². The average molecular weight is 415 g/mol. The van der Waals surface area contributed by atoms with Crippen LogP contribution in [-0.4, -0.2) is 29.6 Å². The number of aromatic nitrogens is 1. The number of hydrogen-bond acceptors (Lipinski definition) is 6. The highest BCUT2D eigenvalue weighted by molar-refractivity contribution is 7.16. The van der Waals surface area contributed by atoms with Crippen molar-refractivity contribution < 1.29 is 23.6 Å². The third-order valence-corrected chi connectivity index (χ3v) is 5.07. The van der Waals surface area contributed by atoms with Gasteiger partial charge in [-0.15, -0.1) is 6.42 Å². The summed E-state index contributed by atoms with van der Waals surface area (Å²) in [6, 6.07) is 6.73. The van der Waals surface area contributed by atoms with Crippen molar-refractivity contribution in [2.45, 2.75) is 6.54 Å². The Balaban J connectivity index is 2.24. The molecule has 0 saturated heterocycles. The second-order valence-electron chi connectivity index (χ2n) is 5.66. The van der Waals surface area contributed by atoms with Crippen LogP contribution in [-0.2, 0) is 6.54 Å². The first-order valence-corrected chi connectivity index (χ1v) is 8.93. The number of carbonyl (C=O) groups is 1. The van der Waals surface area contributed by atoms with Crippen LogP contribution < -0.4 is 14.3 Å². The van der Waals surface area contributed by atoms with Crippen molar-refractivity contribution in [1.29, 1.82) is 0 Å². The minimum Gasteiger partial charge on any atom is -0.493 e. The predicted molar refractivity (Wildman–Crippen MR) is 105 cm³/mol. The molecule has 0 bridgehead atoms. The van der Waals surface area contributed by atoms with Crippen LogP contribution in [0.2, 0.25) is 0 Å². The Kier molecular flexibility index (Phi) is 5.61. The van der Waals surface area contributed by atoms with Crippen LogP contribution in [0.3, 0.4) is 0 Å². The lowest BCUT2D eigenvalue weighted by Gasteiger charge is -2.08. The van der Waals surface area contributed by atoms with Crippen molar-refractivity contribution in [3.05, 3.63) is 56.6 Å². The van der Waals surface area contributed by atoms with Crippen molar-refractivity contribution >= 4 is 33.1 Å². The summed E-state index contributed by atoms with van der Waals surface area (Å²) in [6.07, 6.45) is 5.37. The molecular weight excluding hydrogens is 401 g/mol. The number of nitrogens with zero attached hydrogens (tertiary/aromatic N) is 3. The SMILES string of the molecule is C#CCn1c(=NC(=O)c2cc(OC)c(OC)cc2[N+](=O)[O-])sc2cccc(F)c21. The van der Waals surface area contributed by atoms with Crippen LogP contribution in [0, 0.1) is 28.3 Å². The van der Waals surface area contributed by atoms with Gasteiger partial charge in [0.15, 0.2) is 16.3 Å². The molecule has 0 aliphatic carbocycles. The minimum absolute atomic E-state index is 0.0267. The number of terminal acetylenes is 1. The number of para-hydroxylation sites is 1. The minimum atomic E-state index is -0.893. The molecule has 29 heavy (non-hydrogen) atoms. The Morgan fingerprint density at radius 3 is 2.66 bits per heavy atom. The number of fused-ring (bicyclic) bond motifs is 1. The lowest BCUT2D eigenvalue weighted by molar-refractivity contribution is -0.385. The van der Waals surface area contributed by atoms with E-state index in [1.54, 1.807) is 6.07 Å². The lowest BCUT2D eigenvalue weighted by Crippen LogP contribution is -2.17. The van der Waals surface area contributed by atoms with E-state index in [4.69, 9.17) is 15.9 Å². The predicted octanol–water partition coefficient (Wildman–Crippen LogP) is 3.14. The van der Waals surface area contributed by atoms with E-state index in [0.717, 1.165) is 17.4 Å². The molecule has 0 fully saturated rings. The van der Waals surface area contributed by atoms with E-state index in [1.165, 1.54) is 37.0 Å². The molecule has 0 radical (unpaired) electrons. The van der Waals surface area contributed by atoms with Gasteiger partial charge >= 0.3 is 0 Å². The van der Waals surface area contributed by atoms with Crippen molar-refractivity contribution in [3.63, 3.8) is 0 Å². The van der Waals surface area contributed by atoms with Gasteiger partial charge in [0.25, 0.3) is 11.6 Å². The number of hydrogen-bond donors (Lipinski definition) is 0. The van der Waals surface area contributed by atoms with Crippen LogP contribution >= 0.6 is 11.3 Å². The molecule has 3 rings (SSSR count). The van der Waals surface area contributed by atoms with Crippen molar-refractivity contribution in [3.8, 4) is 23.8 Å². The van der Waals surface area contributed by atoms with E-state index in [9.17, 15) is 19.3 Å². The van der Waals surface area contributed by atoms with Crippen LogP contribution in [0.4, 0.5) is 10.1 Å². The summed E-state index contributed by atoms with van der Waals surface area (Å²) in [5, 5.41) is 11.4. The maximum Gasteiger partial charge on any atom is 0.286 e. The van der Waals surface area contributed by atoms with E-state index in [-0.39, 0.29) is 33.9 Å². The number of amides is 1. The Morgan fingerprint density at radius 2 is 2.03 bits per heavy atom. The molecule has 0 atom stereocenters. The fraction of sp³-hybridized carbons (Fsp3) is 0.158. The van der Waals surface area contributed by atoms with Gasteiger partial charge in [-0.2, -0.15) is 4.99 Å². The van der Waals surface area contributed by atoms with E-state index >= 15 is 0 Å². The van der Waals surface area contributed by atoms with Crippen molar-refractivity contribution in [1.82, 2.24) is 4.57 Å². The maximum absolute atomic E-state index is 14.3. The third-order valence-electron chi connectivity index (χ3n) is 4.03. The summed E-state index contributed by atoms with van der Waals surface area (Å²) < 4.78 is 26.3. The molecular formula is C19H14FN3O5S. The van der Waals surface area contributed by atoms with Gasteiger partial charge < -0.3 is 14.0 Å². The molecule has 0 spiro atoms. The maximum atomic E-state index is 14.3. The number of ether oxygens (including phenoxy) is 2. The summed E-state index contributed by atoms with van der Waals surface area (Å²) >= 11 is 1.05. The molecule has 3 aromatic rings. The summed E-state index contributed by atoms with van der Waals surface area (Å²) in [4.78, 5) is 27.6. The van der Waals surface area contributed by atoms with E-state index in [1.807, 2.05) is 0 Å². The molecule has 2 aromatic carbocycles. The molecule has 0 aliphatic rings. The van der Waals surface area contributed by atoms with Gasteiger partial charge in [0.2, 0.25) is 0 Å². The third kappa shape index (κ3) is 3.68. The number of rotatable bonds is 5. The number of thiazole rings is 1. The Bertz CT molecular complexity index is 1240. The summed E-state index contributed by atoms with van der Waals surface area (Å²) in [6.45, 7) is -0.0267. The zero-order valence-corrected chi connectivity index (χ0v) is 16.2. The fourth-order valence-electron chi connectivity index (χ4n) is 2.75. The van der Waals surface area contributed by atoms with Crippen molar-refractivity contribution in [2.24, 2.45) is 4.99 Å². The van der Waals surface area contributed by atoms with Crippen LogP contribution in [0.5, 0.6) is 11.5 Å². The highest BCUT2D eigenvalue weighted by Gasteiger charge is 2.25. The zero-order valence-electron chi connectivity index (χ0n) is 15.3. The molecule has 1 amide bonds. The quantitative estimate of drug-likeness (QED) is 0.362. The first-order chi connectivity index (χ1) is 13.9. The van der Waals surface area contributed by atoms with Gasteiger partial charge in [-0.25, -0.2) is 4.39 Å². The lowest BCUT2D eigenvalue weighted by atomic mass is 10.1. The molecule has 8 nitrogen and oxygen atoms in total. The van der Waals surface area contributed by atoms with Crippen LogP contribution in [0.1, 0.15) is 10.4 Å². The molecule has 0 saturated carbocycles. The molecule has 1 heterocycles. The average Bonchev–Trinajstić information content (AvgIpc) is 3.05. The molecule has 0 aliphatic heterocycles. The van der Waals surface area contributed by atoms with Gasteiger partial charge in [-0.1, -0.05) is 23.3 Å². The Labute approximate surface area is 168 Å². The smallest absolute Gasteiger partial charge is 0.286 e. The van der Waals surface area contributed by atoms with E-state index < -0.39 is 22.3 Å². The number of carbonyl (C=O) groups excluding carboxylic acids is 1. The topological polar surface area (TPSA) is 96.0 Å². The fourth-order valence-corrected chi connectivity index (χ4v) is 3.79. The zero-order chi connectivity index (χ0) is 21.1. The standard InChI is InChI=1S/C19H14FN3O5S/c1-4-8-22-17-12(20)6-5-7-16(17)29-19(22)21-18(24)11-9-14(27-2)15(28-3)10-13(11)23(25)26/h1,5-7,9-10H,8H2,2-3H3. The largest absolute Gasteiger partial charge is 0.493 e. The Hall–Kier alpha value is -3.71. The second-order valence-corrected chi connectivity index (χ2v) is 6.67. The first kappa shape index (κ1) is 20.0. The van der Waals surface area contributed by atoms with Crippen LogP contribution in [0.25, 0.3) is 10.2 Å². The molecule has 1 aromatic heterocycles. The van der Waals surface area contributed by atoms with Gasteiger partial charge in [0, 0.05) is 6.07 Å². The monoisotopic (exact) mass is 415 g/mol. The number of benzene rings is 2. The van der Waals surface area contributed by atoms with Crippen LogP contribution in [0.15, 0.2) is 35.3 Å². The number of methoxy groups -OCH3 is 2. The van der Waals surface area contributed by atoms with Crippen molar-refractivity contribution in [2.75, 3.05) is 14.2 Å². The van der Waals surface area contributed by atoms with Gasteiger partial charge in [-0.3, -0.25) is 14.9 Å². The molecule has 148 valence electrons. The Morgan fingerprint density at radius 1 is 1.34 bits per heavy atom. The van der Waals surface area contributed by atoms with E-state index in [2.05, 4.69) is 10.9 Å². The second kappa shape index (κ2) is 8.12.